The number of hydrogen-bond donors (Lipinski definition) is 4. The van der Waals surface area contributed by atoms with Crippen LogP contribution in [0, 0.1) is 5.82 Å². The summed E-state index contributed by atoms with van der Waals surface area (Å²) in [6, 6.07) is 8.51. The lowest BCUT2D eigenvalue weighted by atomic mass is 10.2. The van der Waals surface area contributed by atoms with Gasteiger partial charge in [0.25, 0.3) is 0 Å². The number of hydrogen-bond acceptors (Lipinski definition) is 9. The van der Waals surface area contributed by atoms with Crippen LogP contribution < -0.4 is 30.7 Å². The summed E-state index contributed by atoms with van der Waals surface area (Å²) in [5, 5.41) is 14.2. The Morgan fingerprint density at radius 2 is 1.70 bits per heavy atom. The smallest absolute Gasteiger partial charge is 0.162 e. The normalized spacial score (nSPS) is 16.1. The number of ether oxygens (including phenoxy) is 2. The van der Waals surface area contributed by atoms with Gasteiger partial charge in [-0.15, -0.1) is 0 Å². The summed E-state index contributed by atoms with van der Waals surface area (Å²) in [5.74, 6) is 1.32. The van der Waals surface area contributed by atoms with Crippen LogP contribution in [0.3, 0.4) is 0 Å². The molecule has 1 aromatic heterocycles. The predicted molar refractivity (Wildman–Crippen MR) is 149 cm³/mol. The molecule has 0 unspecified atom stereocenters. The van der Waals surface area contributed by atoms with E-state index in [9.17, 15) is 4.39 Å². The molecule has 2 aromatic carbocycles. The van der Waals surface area contributed by atoms with Crippen LogP contribution in [0.25, 0.3) is 10.9 Å². The van der Waals surface area contributed by atoms with E-state index < -0.39 is 0 Å². The van der Waals surface area contributed by atoms with E-state index in [2.05, 4.69) is 52.1 Å². The lowest BCUT2D eigenvalue weighted by Crippen LogP contribution is -2.42. The van der Waals surface area contributed by atoms with Crippen LogP contribution in [0.4, 0.5) is 15.9 Å². The zero-order chi connectivity index (χ0) is 25.9. The summed E-state index contributed by atoms with van der Waals surface area (Å²) in [7, 11) is 1.61. The van der Waals surface area contributed by atoms with Crippen molar-refractivity contribution in [3.8, 4) is 11.5 Å². The van der Waals surface area contributed by atoms with E-state index in [-0.39, 0.29) is 5.82 Å². The molecule has 37 heavy (non-hydrogen) atoms. The average Bonchev–Trinajstić information content (AvgIpc) is 2.89. The molecule has 0 amide bonds. The highest BCUT2D eigenvalue weighted by atomic mass is 79.9. The number of fused-ring (bicyclic) bond motifs is 1. The number of benzene rings is 2. The van der Waals surface area contributed by atoms with Gasteiger partial charge in [0.2, 0.25) is 0 Å². The van der Waals surface area contributed by atoms with Crippen LogP contribution in [-0.4, -0.2) is 87.5 Å². The first-order valence-corrected chi connectivity index (χ1v) is 13.5. The van der Waals surface area contributed by atoms with Crippen LogP contribution in [-0.2, 0) is 0 Å². The maximum absolute atomic E-state index is 14.4. The molecule has 0 saturated carbocycles. The van der Waals surface area contributed by atoms with Crippen LogP contribution in [0.5, 0.6) is 11.5 Å². The lowest BCUT2D eigenvalue weighted by Gasteiger charge is -2.23. The minimum absolute atomic E-state index is 0.327. The van der Waals surface area contributed by atoms with Crippen molar-refractivity contribution in [1.29, 1.82) is 0 Å². The van der Waals surface area contributed by atoms with Crippen LogP contribution in [0.1, 0.15) is 6.42 Å². The second-order valence-electron chi connectivity index (χ2n) is 8.79. The molecule has 1 fully saturated rings. The standard InChI is InChI=1S/C26H35BrFN7O2/c1-36-24-17-23-20(26(33-18-32-23)34-22-4-3-19(27)15-21(22)28)16-25(24)37-14-2-11-35-12-9-30-7-5-29-6-8-31-10-13-35/h3-4,15-18,29-31H,2,5-14H2,1H3,(H,32,33,34). The molecule has 0 atom stereocenters. The van der Waals surface area contributed by atoms with Crippen molar-refractivity contribution in [2.24, 2.45) is 0 Å². The molecule has 3 aromatic rings. The summed E-state index contributed by atoms with van der Waals surface area (Å²) in [4.78, 5) is 11.2. The van der Waals surface area contributed by atoms with Gasteiger partial charge in [-0.05, 0) is 30.7 Å². The van der Waals surface area contributed by atoms with Crippen molar-refractivity contribution >= 4 is 38.3 Å². The molecular formula is C26H35BrFN7O2. The third-order valence-electron chi connectivity index (χ3n) is 6.15. The lowest BCUT2D eigenvalue weighted by molar-refractivity contribution is 0.229. The van der Waals surface area contributed by atoms with Gasteiger partial charge in [-0.25, -0.2) is 14.4 Å². The van der Waals surface area contributed by atoms with E-state index in [1.54, 1.807) is 19.2 Å². The first-order valence-electron chi connectivity index (χ1n) is 12.7. The van der Waals surface area contributed by atoms with Gasteiger partial charge in [-0.2, -0.15) is 0 Å². The summed E-state index contributed by atoms with van der Waals surface area (Å²) in [6.45, 7) is 9.36. The highest BCUT2D eigenvalue weighted by Crippen LogP contribution is 2.35. The van der Waals surface area contributed by atoms with Gasteiger partial charge in [-0.3, -0.25) is 0 Å². The van der Waals surface area contributed by atoms with E-state index in [0.717, 1.165) is 70.7 Å². The maximum atomic E-state index is 14.4. The minimum Gasteiger partial charge on any atom is -0.493 e. The second kappa shape index (κ2) is 14.4. The third-order valence-corrected chi connectivity index (χ3v) is 6.64. The quantitative estimate of drug-likeness (QED) is 0.302. The molecule has 1 aliphatic rings. The fourth-order valence-corrected chi connectivity index (χ4v) is 4.50. The number of halogens is 2. The van der Waals surface area contributed by atoms with Gasteiger partial charge in [0, 0.05) is 74.8 Å². The average molecular weight is 577 g/mol. The van der Waals surface area contributed by atoms with E-state index in [4.69, 9.17) is 9.47 Å². The molecule has 0 bridgehead atoms. The second-order valence-corrected chi connectivity index (χ2v) is 9.70. The molecule has 1 saturated heterocycles. The van der Waals surface area contributed by atoms with E-state index >= 15 is 0 Å². The summed E-state index contributed by atoms with van der Waals surface area (Å²) < 4.78 is 26.8. The summed E-state index contributed by atoms with van der Waals surface area (Å²) in [5.41, 5.74) is 1.00. The molecule has 4 rings (SSSR count). The topological polar surface area (TPSA) is 95.6 Å². The van der Waals surface area contributed by atoms with Crippen LogP contribution in [0.15, 0.2) is 41.1 Å². The van der Waals surface area contributed by atoms with Crippen LogP contribution >= 0.6 is 15.9 Å². The van der Waals surface area contributed by atoms with E-state index in [0.29, 0.717) is 39.6 Å². The van der Waals surface area contributed by atoms with Crippen LogP contribution in [0.2, 0.25) is 0 Å². The number of aromatic nitrogens is 2. The summed E-state index contributed by atoms with van der Waals surface area (Å²) >= 11 is 3.29. The Kier molecular flexibility index (Phi) is 10.7. The zero-order valence-electron chi connectivity index (χ0n) is 21.2. The predicted octanol–water partition coefficient (Wildman–Crippen LogP) is 3.14. The molecular weight excluding hydrogens is 541 g/mol. The Hall–Kier alpha value is -2.57. The number of anilines is 2. The Morgan fingerprint density at radius 3 is 2.41 bits per heavy atom. The highest BCUT2D eigenvalue weighted by Gasteiger charge is 2.14. The molecule has 11 heteroatoms. The molecule has 200 valence electrons. The molecule has 0 aliphatic carbocycles. The molecule has 0 radical (unpaired) electrons. The van der Waals surface area contributed by atoms with E-state index in [1.165, 1.54) is 12.4 Å². The molecule has 9 nitrogen and oxygen atoms in total. The van der Waals surface area contributed by atoms with Crippen molar-refractivity contribution in [3.63, 3.8) is 0 Å². The first-order chi connectivity index (χ1) is 18.1. The number of nitrogens with one attached hydrogen (secondary N) is 4. The van der Waals surface area contributed by atoms with Crippen molar-refractivity contribution in [1.82, 2.24) is 30.8 Å². The Morgan fingerprint density at radius 1 is 0.973 bits per heavy atom. The Bertz CT molecular complexity index is 1140. The van der Waals surface area contributed by atoms with Gasteiger partial charge in [0.05, 0.1) is 24.9 Å². The molecule has 4 N–H and O–H groups in total. The largest absolute Gasteiger partial charge is 0.493 e. The van der Waals surface area contributed by atoms with Gasteiger partial charge >= 0.3 is 0 Å². The number of methoxy groups -OCH3 is 1. The highest BCUT2D eigenvalue weighted by molar-refractivity contribution is 9.10. The molecule has 2 heterocycles. The maximum Gasteiger partial charge on any atom is 0.162 e. The van der Waals surface area contributed by atoms with Crippen molar-refractivity contribution in [3.05, 3.63) is 46.9 Å². The molecule has 0 spiro atoms. The number of nitrogens with zero attached hydrogens (tertiary/aromatic N) is 3. The fraction of sp³-hybridized carbons (Fsp3) is 0.462. The Labute approximate surface area is 225 Å². The minimum atomic E-state index is -0.380. The van der Waals surface area contributed by atoms with E-state index in [1.807, 2.05) is 12.1 Å². The monoisotopic (exact) mass is 575 g/mol. The van der Waals surface area contributed by atoms with Gasteiger partial charge in [0.15, 0.2) is 11.5 Å². The number of rotatable bonds is 8. The SMILES string of the molecule is COc1cc2ncnc(Nc3ccc(Br)cc3F)c2cc1OCCCN1CCNCCNCCNCC1. The van der Waals surface area contributed by atoms with Gasteiger partial charge in [-0.1, -0.05) is 15.9 Å². The molecule has 1 aliphatic heterocycles. The van der Waals surface area contributed by atoms with Gasteiger partial charge < -0.3 is 35.6 Å². The van der Waals surface area contributed by atoms with Crippen molar-refractivity contribution in [2.75, 3.05) is 77.9 Å². The summed E-state index contributed by atoms with van der Waals surface area (Å²) in [6.07, 6.45) is 2.32. The fourth-order valence-electron chi connectivity index (χ4n) is 4.16. The van der Waals surface area contributed by atoms with Gasteiger partial charge in [0.1, 0.15) is 18.0 Å². The Balaban J connectivity index is 1.40. The first kappa shape index (κ1) is 27.5. The third kappa shape index (κ3) is 8.21. The van der Waals surface area contributed by atoms with Crippen molar-refractivity contribution in [2.45, 2.75) is 6.42 Å². The van der Waals surface area contributed by atoms with Crippen molar-refractivity contribution < 1.29 is 13.9 Å². The zero-order valence-corrected chi connectivity index (χ0v) is 22.7.